The lowest BCUT2D eigenvalue weighted by atomic mass is 10.0. The van der Waals surface area contributed by atoms with Crippen LogP contribution < -0.4 is 0 Å². The topological polar surface area (TPSA) is 58.4 Å². The van der Waals surface area contributed by atoms with Crippen molar-refractivity contribution in [2.75, 3.05) is 32.7 Å². The van der Waals surface area contributed by atoms with Crippen LogP contribution in [0.1, 0.15) is 44.6 Å². The second-order valence-corrected chi connectivity index (χ2v) is 9.74. The number of piperazine rings is 1. The summed E-state index contributed by atoms with van der Waals surface area (Å²) in [6, 6.07) is 9.30. The molecule has 2 heterocycles. The van der Waals surface area contributed by atoms with E-state index in [1.807, 2.05) is 35.3 Å². The molecule has 0 radical (unpaired) electrons. The van der Waals surface area contributed by atoms with Crippen molar-refractivity contribution < 1.29 is 8.42 Å². The maximum absolute atomic E-state index is 12.9. The number of aryl methyl sites for hydroxylation is 1. The summed E-state index contributed by atoms with van der Waals surface area (Å²) in [4.78, 5) is 2.78. The summed E-state index contributed by atoms with van der Waals surface area (Å²) in [5.41, 5.74) is 1.16. The van der Waals surface area contributed by atoms with Gasteiger partial charge in [0.2, 0.25) is 10.0 Å². The van der Waals surface area contributed by atoms with Crippen LogP contribution in [0.3, 0.4) is 0 Å². The van der Waals surface area contributed by atoms with Crippen molar-refractivity contribution >= 4 is 10.0 Å². The Morgan fingerprint density at radius 3 is 2.25 bits per heavy atom. The quantitative estimate of drug-likeness (QED) is 0.602. The fourth-order valence-corrected chi connectivity index (χ4v) is 5.01. The minimum Gasteiger partial charge on any atom is -0.301 e. The molecule has 0 aliphatic carbocycles. The Labute approximate surface area is 169 Å². The average Bonchev–Trinajstić information content (AvgIpc) is 3.22. The van der Waals surface area contributed by atoms with Gasteiger partial charge >= 0.3 is 0 Å². The molecule has 1 aliphatic heterocycles. The van der Waals surface area contributed by atoms with Gasteiger partial charge in [0.1, 0.15) is 0 Å². The minimum absolute atomic E-state index is 0.403. The Hall–Kier alpha value is -1.70. The Bertz CT molecular complexity index is 809. The van der Waals surface area contributed by atoms with Crippen LogP contribution in [0.25, 0.3) is 0 Å². The fraction of sp³-hybridized carbons (Fsp3) is 0.571. The van der Waals surface area contributed by atoms with Crippen LogP contribution >= 0.6 is 0 Å². The maximum Gasteiger partial charge on any atom is 0.243 e. The Kier molecular flexibility index (Phi) is 7.26. The van der Waals surface area contributed by atoms with Crippen LogP contribution in [0.4, 0.5) is 0 Å². The molecule has 1 aromatic heterocycles. The Morgan fingerprint density at radius 2 is 1.64 bits per heavy atom. The highest BCUT2D eigenvalue weighted by atomic mass is 32.2. The lowest BCUT2D eigenvalue weighted by Gasteiger charge is -2.34. The van der Waals surface area contributed by atoms with Crippen molar-refractivity contribution in [1.29, 1.82) is 0 Å². The van der Waals surface area contributed by atoms with E-state index in [0.717, 1.165) is 44.6 Å². The highest BCUT2D eigenvalue weighted by Gasteiger charge is 2.28. The summed E-state index contributed by atoms with van der Waals surface area (Å²) in [5, 5.41) is 4.22. The third-order valence-electron chi connectivity index (χ3n) is 5.44. The number of hydrogen-bond donors (Lipinski definition) is 0. The summed E-state index contributed by atoms with van der Waals surface area (Å²) in [6.45, 7) is 8.99. The smallest absolute Gasteiger partial charge is 0.243 e. The molecule has 0 unspecified atom stereocenters. The Morgan fingerprint density at radius 1 is 0.964 bits per heavy atom. The second-order valence-electron chi connectivity index (χ2n) is 7.80. The summed E-state index contributed by atoms with van der Waals surface area (Å²) >= 11 is 0. The van der Waals surface area contributed by atoms with Crippen LogP contribution in [0.15, 0.2) is 47.6 Å². The first-order valence-corrected chi connectivity index (χ1v) is 11.7. The molecular formula is C21H32N4O2S. The van der Waals surface area contributed by atoms with E-state index in [4.69, 9.17) is 0 Å². The third-order valence-corrected chi connectivity index (χ3v) is 7.35. The van der Waals surface area contributed by atoms with E-state index in [2.05, 4.69) is 23.8 Å². The molecule has 28 heavy (non-hydrogen) atoms. The van der Waals surface area contributed by atoms with Crippen molar-refractivity contribution in [1.82, 2.24) is 19.0 Å². The zero-order valence-corrected chi connectivity index (χ0v) is 17.8. The molecule has 1 saturated heterocycles. The standard InChI is InChI=1S/C21H32N4O2S/c1-19(2)20-7-9-21(10-8-20)28(26,27)25-17-15-23(16-18-25)12-4-3-5-13-24-14-6-11-22-24/h6-11,14,19H,3-5,12-13,15-18H2,1-2H3. The molecule has 1 fully saturated rings. The average molecular weight is 405 g/mol. The largest absolute Gasteiger partial charge is 0.301 e. The molecule has 0 amide bonds. The van der Waals surface area contributed by atoms with Gasteiger partial charge in [-0.05, 0) is 49.1 Å². The zero-order chi connectivity index (χ0) is 20.0. The second kappa shape index (κ2) is 9.67. The molecule has 3 rings (SSSR count). The van der Waals surface area contributed by atoms with Crippen LogP contribution in [0.5, 0.6) is 0 Å². The van der Waals surface area contributed by atoms with E-state index >= 15 is 0 Å². The molecule has 0 spiro atoms. The number of hydrogen-bond acceptors (Lipinski definition) is 4. The third kappa shape index (κ3) is 5.43. The van der Waals surface area contributed by atoms with Crippen molar-refractivity contribution in [3.63, 3.8) is 0 Å². The van der Waals surface area contributed by atoms with Crippen molar-refractivity contribution in [2.45, 2.75) is 50.5 Å². The monoisotopic (exact) mass is 404 g/mol. The maximum atomic E-state index is 12.9. The molecule has 0 N–H and O–H groups in total. The summed E-state index contributed by atoms with van der Waals surface area (Å²) in [5.74, 6) is 0.403. The summed E-state index contributed by atoms with van der Waals surface area (Å²) in [6.07, 6.45) is 7.25. The fourth-order valence-electron chi connectivity index (χ4n) is 3.59. The number of rotatable bonds is 9. The molecule has 0 saturated carbocycles. The highest BCUT2D eigenvalue weighted by molar-refractivity contribution is 7.89. The number of unbranched alkanes of at least 4 members (excludes halogenated alkanes) is 2. The first-order valence-electron chi connectivity index (χ1n) is 10.3. The predicted octanol–water partition coefficient (Wildman–Crippen LogP) is 3.18. The van der Waals surface area contributed by atoms with Gasteiger partial charge < -0.3 is 4.90 Å². The first kappa shape index (κ1) is 21.0. The molecule has 0 atom stereocenters. The normalized spacial score (nSPS) is 16.7. The summed E-state index contributed by atoms with van der Waals surface area (Å²) < 4.78 is 29.4. The molecular weight excluding hydrogens is 372 g/mol. The minimum atomic E-state index is -3.39. The number of nitrogens with zero attached hydrogens (tertiary/aromatic N) is 4. The number of sulfonamides is 1. The van der Waals surface area contributed by atoms with E-state index in [9.17, 15) is 8.42 Å². The van der Waals surface area contributed by atoms with E-state index < -0.39 is 10.0 Å². The molecule has 1 aliphatic rings. The number of aromatic nitrogens is 2. The zero-order valence-electron chi connectivity index (χ0n) is 17.0. The van der Waals surface area contributed by atoms with E-state index in [-0.39, 0.29) is 0 Å². The molecule has 1 aromatic carbocycles. The predicted molar refractivity (Wildman–Crippen MR) is 112 cm³/mol. The highest BCUT2D eigenvalue weighted by Crippen LogP contribution is 2.21. The Balaban J connectivity index is 1.41. The van der Waals surface area contributed by atoms with Gasteiger partial charge in [-0.15, -0.1) is 0 Å². The van der Waals surface area contributed by atoms with Crippen molar-refractivity contribution in [2.24, 2.45) is 0 Å². The number of benzene rings is 1. The SMILES string of the molecule is CC(C)c1ccc(S(=O)(=O)N2CCN(CCCCCn3cccn3)CC2)cc1. The van der Waals surface area contributed by atoms with Crippen LogP contribution in [-0.4, -0.2) is 60.1 Å². The van der Waals surface area contributed by atoms with Gasteiger partial charge in [-0.3, -0.25) is 4.68 Å². The summed E-state index contributed by atoms with van der Waals surface area (Å²) in [7, 11) is -3.39. The molecule has 6 nitrogen and oxygen atoms in total. The van der Waals surface area contributed by atoms with Crippen molar-refractivity contribution in [3.05, 3.63) is 48.3 Å². The van der Waals surface area contributed by atoms with Crippen LogP contribution in [-0.2, 0) is 16.6 Å². The van der Waals surface area contributed by atoms with Gasteiger partial charge in [-0.25, -0.2) is 8.42 Å². The van der Waals surface area contributed by atoms with Gasteiger partial charge in [-0.2, -0.15) is 9.40 Å². The van der Waals surface area contributed by atoms with Crippen LogP contribution in [0.2, 0.25) is 0 Å². The lowest BCUT2D eigenvalue weighted by molar-refractivity contribution is 0.185. The lowest BCUT2D eigenvalue weighted by Crippen LogP contribution is -2.48. The van der Waals surface area contributed by atoms with E-state index in [1.54, 1.807) is 16.4 Å². The van der Waals surface area contributed by atoms with Gasteiger partial charge in [-0.1, -0.05) is 32.4 Å². The molecule has 2 aromatic rings. The van der Waals surface area contributed by atoms with Gasteiger partial charge in [0.25, 0.3) is 0 Å². The van der Waals surface area contributed by atoms with E-state index in [0.29, 0.717) is 23.9 Å². The first-order chi connectivity index (χ1) is 13.5. The van der Waals surface area contributed by atoms with Crippen molar-refractivity contribution in [3.8, 4) is 0 Å². The molecule has 0 bridgehead atoms. The van der Waals surface area contributed by atoms with Gasteiger partial charge in [0.05, 0.1) is 4.90 Å². The van der Waals surface area contributed by atoms with Crippen LogP contribution in [0, 0.1) is 0 Å². The van der Waals surface area contributed by atoms with Gasteiger partial charge in [0, 0.05) is 45.1 Å². The molecule has 154 valence electrons. The van der Waals surface area contributed by atoms with Gasteiger partial charge in [0.15, 0.2) is 0 Å². The molecule has 7 heteroatoms. The van der Waals surface area contributed by atoms with E-state index in [1.165, 1.54) is 6.42 Å².